The molecule has 0 unspecified atom stereocenters. The summed E-state index contributed by atoms with van der Waals surface area (Å²) in [6, 6.07) is 13.1. The number of furan rings is 1. The lowest BCUT2D eigenvalue weighted by Crippen LogP contribution is -2.27. The molecule has 108 valence electrons. The lowest BCUT2D eigenvalue weighted by atomic mass is 10.3. The van der Waals surface area contributed by atoms with Crippen molar-refractivity contribution in [1.29, 1.82) is 0 Å². The summed E-state index contributed by atoms with van der Waals surface area (Å²) in [6.45, 7) is 0. The van der Waals surface area contributed by atoms with Crippen molar-refractivity contribution in [3.05, 3.63) is 56.9 Å². The molecule has 1 saturated heterocycles. The summed E-state index contributed by atoms with van der Waals surface area (Å²) < 4.78 is 6.77. The highest BCUT2D eigenvalue weighted by Gasteiger charge is 2.33. The van der Waals surface area contributed by atoms with Crippen molar-refractivity contribution in [3.8, 4) is 0 Å². The second-order valence-corrected chi connectivity index (χ2v) is 6.73. The second kappa shape index (κ2) is 7.08. The molecule has 0 bridgehead atoms. The molecule has 1 amide bonds. The third kappa shape index (κ3) is 3.58. The SMILES string of the molecule is Br.O=C1/C(=C/c2ccc(I)o2)SC(=S)N1c1ccccc1. The number of thioether (sulfide) groups is 1. The van der Waals surface area contributed by atoms with Gasteiger partial charge >= 0.3 is 0 Å². The van der Waals surface area contributed by atoms with Crippen LogP contribution in [-0.4, -0.2) is 10.2 Å². The predicted octanol–water partition coefficient (Wildman–Crippen LogP) is 4.87. The Hall–Kier alpha value is -0.640. The first kappa shape index (κ1) is 16.7. The monoisotopic (exact) mass is 493 g/mol. The van der Waals surface area contributed by atoms with Gasteiger partial charge in [-0.2, -0.15) is 0 Å². The van der Waals surface area contributed by atoms with Gasteiger partial charge in [0.1, 0.15) is 5.76 Å². The number of hydrogen-bond acceptors (Lipinski definition) is 4. The van der Waals surface area contributed by atoms with Gasteiger partial charge in [-0.3, -0.25) is 9.69 Å². The highest BCUT2D eigenvalue weighted by atomic mass is 127. The van der Waals surface area contributed by atoms with Crippen LogP contribution in [0.25, 0.3) is 6.08 Å². The van der Waals surface area contributed by atoms with Gasteiger partial charge in [0.05, 0.1) is 10.6 Å². The second-order valence-electron chi connectivity index (χ2n) is 3.99. The fourth-order valence-electron chi connectivity index (χ4n) is 1.80. The van der Waals surface area contributed by atoms with E-state index in [1.54, 1.807) is 11.0 Å². The fraction of sp³-hybridized carbons (Fsp3) is 0. The van der Waals surface area contributed by atoms with E-state index in [-0.39, 0.29) is 22.9 Å². The molecule has 1 fully saturated rings. The van der Waals surface area contributed by atoms with Crippen LogP contribution in [0, 0.1) is 3.77 Å². The van der Waals surface area contributed by atoms with Crippen molar-refractivity contribution >= 4 is 85.5 Å². The number of amides is 1. The number of anilines is 1. The number of para-hydroxylation sites is 1. The summed E-state index contributed by atoms with van der Waals surface area (Å²) in [6.07, 6.45) is 1.73. The molecule has 1 aromatic heterocycles. The minimum absolute atomic E-state index is 0. The normalized spacial score (nSPS) is 16.4. The van der Waals surface area contributed by atoms with Crippen LogP contribution >= 0.6 is 63.6 Å². The minimum Gasteiger partial charge on any atom is -0.451 e. The van der Waals surface area contributed by atoms with Crippen molar-refractivity contribution in [2.75, 3.05) is 4.90 Å². The van der Waals surface area contributed by atoms with Crippen molar-refractivity contribution < 1.29 is 9.21 Å². The number of thiocarbonyl (C=S) groups is 1. The molecule has 0 saturated carbocycles. The molecule has 0 atom stereocenters. The molecule has 1 aromatic carbocycles. The molecule has 0 spiro atoms. The molecule has 0 N–H and O–H groups in total. The van der Waals surface area contributed by atoms with Crippen LogP contribution in [0.4, 0.5) is 5.69 Å². The molecular formula is C14H9BrINO2S2. The highest BCUT2D eigenvalue weighted by molar-refractivity contribution is 14.1. The largest absolute Gasteiger partial charge is 0.451 e. The van der Waals surface area contributed by atoms with Gasteiger partial charge in [0, 0.05) is 6.08 Å². The zero-order valence-corrected chi connectivity index (χ0v) is 16.0. The van der Waals surface area contributed by atoms with Gasteiger partial charge in [-0.05, 0) is 46.9 Å². The molecule has 2 heterocycles. The van der Waals surface area contributed by atoms with Crippen LogP contribution in [0.15, 0.2) is 51.8 Å². The summed E-state index contributed by atoms with van der Waals surface area (Å²) in [5.41, 5.74) is 0.785. The number of benzene rings is 1. The fourth-order valence-corrected chi connectivity index (χ4v) is 3.52. The molecule has 7 heteroatoms. The average molecular weight is 494 g/mol. The summed E-state index contributed by atoms with van der Waals surface area (Å²) in [5.74, 6) is 0.542. The summed E-state index contributed by atoms with van der Waals surface area (Å²) in [5, 5.41) is 0. The number of nitrogens with zero attached hydrogens (tertiary/aromatic N) is 1. The Balaban J connectivity index is 0.00000161. The van der Waals surface area contributed by atoms with Crippen LogP contribution in [0.1, 0.15) is 5.76 Å². The van der Waals surface area contributed by atoms with Crippen molar-refractivity contribution in [3.63, 3.8) is 0 Å². The third-order valence-corrected chi connectivity index (χ3v) is 4.56. The molecule has 0 radical (unpaired) electrons. The zero-order chi connectivity index (χ0) is 14.1. The lowest BCUT2D eigenvalue weighted by Gasteiger charge is -2.13. The molecule has 21 heavy (non-hydrogen) atoms. The van der Waals surface area contributed by atoms with Gasteiger partial charge in [0.25, 0.3) is 5.91 Å². The van der Waals surface area contributed by atoms with E-state index in [2.05, 4.69) is 22.6 Å². The lowest BCUT2D eigenvalue weighted by molar-refractivity contribution is -0.113. The third-order valence-electron chi connectivity index (χ3n) is 2.68. The quantitative estimate of drug-likeness (QED) is 0.339. The Morgan fingerprint density at radius 1 is 1.19 bits per heavy atom. The first-order chi connectivity index (χ1) is 9.65. The standard InChI is InChI=1S/C14H8INO2S2.BrH/c15-12-7-6-10(18-12)8-11-13(17)16(14(19)20-11)9-4-2-1-3-5-9;/h1-8H;1H/b11-8-;. The van der Waals surface area contributed by atoms with Crippen LogP contribution < -0.4 is 4.90 Å². The van der Waals surface area contributed by atoms with E-state index in [4.69, 9.17) is 16.6 Å². The Morgan fingerprint density at radius 3 is 2.52 bits per heavy atom. The smallest absolute Gasteiger partial charge is 0.270 e. The summed E-state index contributed by atoms with van der Waals surface area (Å²) >= 11 is 8.67. The van der Waals surface area contributed by atoms with E-state index < -0.39 is 0 Å². The highest BCUT2D eigenvalue weighted by Crippen LogP contribution is 2.36. The molecular weight excluding hydrogens is 485 g/mol. The zero-order valence-electron chi connectivity index (χ0n) is 10.5. The molecule has 1 aliphatic rings. The first-order valence-electron chi connectivity index (χ1n) is 5.73. The summed E-state index contributed by atoms with van der Waals surface area (Å²) in [4.78, 5) is 14.5. The van der Waals surface area contributed by atoms with E-state index in [0.29, 0.717) is 15.0 Å². The average Bonchev–Trinajstić information content (AvgIpc) is 2.96. The van der Waals surface area contributed by atoms with E-state index in [9.17, 15) is 4.79 Å². The maximum Gasteiger partial charge on any atom is 0.270 e. The predicted molar refractivity (Wildman–Crippen MR) is 104 cm³/mol. The molecule has 3 rings (SSSR count). The van der Waals surface area contributed by atoms with Crippen molar-refractivity contribution in [2.24, 2.45) is 0 Å². The van der Waals surface area contributed by atoms with E-state index >= 15 is 0 Å². The van der Waals surface area contributed by atoms with Gasteiger partial charge in [-0.1, -0.05) is 42.2 Å². The maximum absolute atomic E-state index is 12.4. The summed E-state index contributed by atoms with van der Waals surface area (Å²) in [7, 11) is 0. The van der Waals surface area contributed by atoms with Crippen LogP contribution in [0.5, 0.6) is 0 Å². The van der Waals surface area contributed by atoms with Gasteiger partial charge in [-0.15, -0.1) is 17.0 Å². The van der Waals surface area contributed by atoms with E-state index in [0.717, 1.165) is 9.45 Å². The van der Waals surface area contributed by atoms with Gasteiger partial charge in [0.15, 0.2) is 8.09 Å². The topological polar surface area (TPSA) is 33.5 Å². The van der Waals surface area contributed by atoms with E-state index in [1.807, 2.05) is 42.5 Å². The number of carbonyl (C=O) groups excluding carboxylic acids is 1. The number of hydrogen-bond donors (Lipinski definition) is 0. The molecule has 2 aromatic rings. The number of halogens is 2. The maximum atomic E-state index is 12.4. The van der Waals surface area contributed by atoms with E-state index in [1.165, 1.54) is 11.8 Å². The Morgan fingerprint density at radius 2 is 1.90 bits per heavy atom. The van der Waals surface area contributed by atoms with Crippen LogP contribution in [-0.2, 0) is 4.79 Å². The van der Waals surface area contributed by atoms with Crippen LogP contribution in [0.2, 0.25) is 0 Å². The van der Waals surface area contributed by atoms with Crippen molar-refractivity contribution in [2.45, 2.75) is 0 Å². The van der Waals surface area contributed by atoms with Crippen molar-refractivity contribution in [1.82, 2.24) is 0 Å². The molecule has 3 nitrogen and oxygen atoms in total. The van der Waals surface area contributed by atoms with Crippen LogP contribution in [0.3, 0.4) is 0 Å². The van der Waals surface area contributed by atoms with Gasteiger partial charge < -0.3 is 4.42 Å². The van der Waals surface area contributed by atoms with Gasteiger partial charge in [-0.25, -0.2) is 0 Å². The Kier molecular flexibility index (Phi) is 5.64. The first-order valence-corrected chi connectivity index (χ1v) is 8.04. The Labute approximate surface area is 155 Å². The molecule has 0 aliphatic carbocycles. The Bertz CT molecular complexity index is 715. The van der Waals surface area contributed by atoms with Gasteiger partial charge in [0.2, 0.25) is 0 Å². The number of carbonyl (C=O) groups is 1. The number of rotatable bonds is 2. The minimum atomic E-state index is -0.113. The molecule has 1 aliphatic heterocycles.